The number of urea groups is 1. The minimum atomic E-state index is -0.173. The Kier molecular flexibility index (Phi) is 6.08. The molecule has 0 bridgehead atoms. The van der Waals surface area contributed by atoms with Gasteiger partial charge < -0.3 is 20.1 Å². The van der Waals surface area contributed by atoms with Crippen LogP contribution >= 0.6 is 0 Å². The number of nitrogens with zero attached hydrogens (tertiary/aromatic N) is 2. The lowest BCUT2D eigenvalue weighted by atomic mass is 9.74. The van der Waals surface area contributed by atoms with Crippen LogP contribution in [0, 0.1) is 0 Å². The standard InChI is InChI=1S/C20H26N4O2.C2H6/c1-12(25)10-24(3)20(26)22-14-8-16-15-5-4-6-17-19(15)13(9-21-17)7-18(16)23(2)11-14;1-2/h4-6,9,14,16,18,21H,7-8,10-11H2,1-3H3,(H,22,26);1-2H3/t14-,16+,18+;/m0./s1. The molecule has 2 aromatic rings. The molecule has 1 aromatic carbocycles. The number of benzene rings is 1. The lowest BCUT2D eigenvalue weighted by Gasteiger charge is -2.45. The van der Waals surface area contributed by atoms with Gasteiger partial charge in [-0.15, -0.1) is 0 Å². The van der Waals surface area contributed by atoms with E-state index in [0.29, 0.717) is 12.0 Å². The second-order valence-electron chi connectivity index (χ2n) is 7.84. The van der Waals surface area contributed by atoms with E-state index in [0.717, 1.165) is 19.4 Å². The molecule has 6 nitrogen and oxygen atoms in total. The van der Waals surface area contributed by atoms with E-state index in [9.17, 15) is 9.59 Å². The van der Waals surface area contributed by atoms with Gasteiger partial charge in [0.1, 0.15) is 5.78 Å². The zero-order chi connectivity index (χ0) is 20.4. The number of ketones is 1. The van der Waals surface area contributed by atoms with Gasteiger partial charge in [-0.1, -0.05) is 26.0 Å². The Morgan fingerprint density at radius 1 is 1.32 bits per heavy atom. The molecule has 1 aromatic heterocycles. The molecule has 2 heterocycles. The van der Waals surface area contributed by atoms with Gasteiger partial charge in [-0.3, -0.25) is 4.79 Å². The van der Waals surface area contributed by atoms with Crippen LogP contribution in [0.4, 0.5) is 4.79 Å². The number of Topliss-reactive ketones (excluding diaryl/α,β-unsaturated/α-hetero) is 1. The third-order valence-electron chi connectivity index (χ3n) is 5.86. The van der Waals surface area contributed by atoms with Crippen molar-refractivity contribution in [2.45, 2.75) is 51.6 Å². The van der Waals surface area contributed by atoms with Crippen LogP contribution in [0.5, 0.6) is 0 Å². The first-order valence-corrected chi connectivity index (χ1v) is 10.2. The Hall–Kier alpha value is -2.34. The average molecular weight is 385 g/mol. The van der Waals surface area contributed by atoms with Crippen LogP contribution in [0.3, 0.4) is 0 Å². The zero-order valence-corrected chi connectivity index (χ0v) is 17.6. The number of carbonyl (C=O) groups is 2. The number of nitrogens with one attached hydrogen (secondary N) is 2. The highest BCUT2D eigenvalue weighted by atomic mass is 16.2. The molecule has 1 fully saturated rings. The summed E-state index contributed by atoms with van der Waals surface area (Å²) in [6.07, 6.45) is 4.12. The number of aromatic nitrogens is 1. The largest absolute Gasteiger partial charge is 0.361 e. The summed E-state index contributed by atoms with van der Waals surface area (Å²) in [6, 6.07) is 6.85. The van der Waals surface area contributed by atoms with Crippen LogP contribution in [0.25, 0.3) is 10.9 Å². The van der Waals surface area contributed by atoms with Crippen molar-refractivity contribution in [3.05, 3.63) is 35.5 Å². The van der Waals surface area contributed by atoms with Gasteiger partial charge in [0.15, 0.2) is 0 Å². The first kappa shape index (κ1) is 20.4. The van der Waals surface area contributed by atoms with Crippen LogP contribution in [-0.4, -0.2) is 65.9 Å². The summed E-state index contributed by atoms with van der Waals surface area (Å²) in [4.78, 5) is 30.9. The van der Waals surface area contributed by atoms with E-state index in [1.807, 2.05) is 13.8 Å². The number of likely N-dealkylation sites (N-methyl/N-ethyl adjacent to an activating group) is 2. The van der Waals surface area contributed by atoms with E-state index in [-0.39, 0.29) is 24.4 Å². The smallest absolute Gasteiger partial charge is 0.317 e. The van der Waals surface area contributed by atoms with Crippen molar-refractivity contribution in [1.29, 1.82) is 0 Å². The third kappa shape index (κ3) is 3.78. The van der Waals surface area contributed by atoms with Crippen molar-refractivity contribution in [1.82, 2.24) is 20.1 Å². The molecular formula is C22H32N4O2. The average Bonchev–Trinajstić information content (AvgIpc) is 3.08. The van der Waals surface area contributed by atoms with Gasteiger partial charge in [-0.05, 0) is 44.0 Å². The minimum Gasteiger partial charge on any atom is -0.361 e. The molecule has 1 aliphatic carbocycles. The fraction of sp³-hybridized carbons (Fsp3) is 0.545. The van der Waals surface area contributed by atoms with E-state index in [4.69, 9.17) is 0 Å². The molecular weight excluding hydrogens is 352 g/mol. The number of hydrogen-bond donors (Lipinski definition) is 2. The zero-order valence-electron chi connectivity index (χ0n) is 17.6. The van der Waals surface area contributed by atoms with Crippen molar-refractivity contribution >= 4 is 22.7 Å². The number of likely N-dealkylation sites (tertiary alicyclic amines) is 1. The summed E-state index contributed by atoms with van der Waals surface area (Å²) in [6.45, 7) is 6.48. The predicted molar refractivity (Wildman–Crippen MR) is 113 cm³/mol. The molecule has 3 atom stereocenters. The maximum absolute atomic E-state index is 12.4. The Bertz CT molecular complexity index is 859. The molecule has 1 aliphatic heterocycles. The predicted octanol–water partition coefficient (Wildman–Crippen LogP) is 3.14. The third-order valence-corrected chi connectivity index (χ3v) is 5.86. The Balaban J connectivity index is 0.00000109. The van der Waals surface area contributed by atoms with E-state index in [1.54, 1.807) is 7.05 Å². The maximum atomic E-state index is 12.4. The molecule has 6 heteroatoms. The van der Waals surface area contributed by atoms with Crippen molar-refractivity contribution < 1.29 is 9.59 Å². The summed E-state index contributed by atoms with van der Waals surface area (Å²) in [5, 5.41) is 4.49. The quantitative estimate of drug-likeness (QED) is 0.854. The lowest BCUT2D eigenvalue weighted by molar-refractivity contribution is -0.117. The summed E-state index contributed by atoms with van der Waals surface area (Å²) in [5.74, 6) is 0.395. The monoisotopic (exact) mass is 384 g/mol. The van der Waals surface area contributed by atoms with Crippen LogP contribution in [0.1, 0.15) is 44.2 Å². The molecule has 4 rings (SSSR count). The van der Waals surface area contributed by atoms with Crippen LogP contribution < -0.4 is 5.32 Å². The van der Waals surface area contributed by atoms with Gasteiger partial charge in [0, 0.05) is 48.7 Å². The first-order valence-electron chi connectivity index (χ1n) is 10.2. The van der Waals surface area contributed by atoms with E-state index in [1.165, 1.54) is 33.9 Å². The molecule has 0 unspecified atom stereocenters. The minimum absolute atomic E-state index is 0.0116. The van der Waals surface area contributed by atoms with Gasteiger partial charge in [-0.2, -0.15) is 0 Å². The molecule has 1 saturated heterocycles. The Morgan fingerprint density at radius 2 is 2.07 bits per heavy atom. The van der Waals surface area contributed by atoms with Crippen molar-refractivity contribution in [3.8, 4) is 0 Å². The molecule has 0 radical (unpaired) electrons. The second kappa shape index (κ2) is 8.35. The summed E-state index contributed by atoms with van der Waals surface area (Å²) < 4.78 is 0. The van der Waals surface area contributed by atoms with Crippen LogP contribution in [0.2, 0.25) is 0 Å². The Labute approximate surface area is 167 Å². The molecule has 2 aliphatic rings. The number of carbonyl (C=O) groups excluding carboxylic acids is 2. The molecule has 2 amide bonds. The van der Waals surface area contributed by atoms with E-state index < -0.39 is 0 Å². The van der Waals surface area contributed by atoms with Gasteiger partial charge in [0.25, 0.3) is 0 Å². The summed E-state index contributed by atoms with van der Waals surface area (Å²) in [7, 11) is 3.81. The number of aromatic amines is 1. The highest BCUT2D eigenvalue weighted by Gasteiger charge is 2.39. The van der Waals surface area contributed by atoms with E-state index in [2.05, 4.69) is 46.6 Å². The van der Waals surface area contributed by atoms with Crippen LogP contribution in [-0.2, 0) is 11.2 Å². The number of rotatable bonds is 3. The fourth-order valence-corrected chi connectivity index (χ4v) is 4.74. The number of piperidine rings is 1. The van der Waals surface area contributed by atoms with Crippen molar-refractivity contribution in [3.63, 3.8) is 0 Å². The Morgan fingerprint density at radius 3 is 2.79 bits per heavy atom. The van der Waals surface area contributed by atoms with Gasteiger partial charge >= 0.3 is 6.03 Å². The van der Waals surface area contributed by atoms with E-state index >= 15 is 0 Å². The molecule has 28 heavy (non-hydrogen) atoms. The lowest BCUT2D eigenvalue weighted by Crippen LogP contribution is -2.56. The highest BCUT2D eigenvalue weighted by Crippen LogP contribution is 2.42. The summed E-state index contributed by atoms with van der Waals surface area (Å²) in [5.41, 5.74) is 3.98. The van der Waals surface area contributed by atoms with Gasteiger partial charge in [0.05, 0.1) is 6.54 Å². The molecule has 0 saturated carbocycles. The molecule has 2 N–H and O–H groups in total. The number of fused-ring (bicyclic) bond motifs is 2. The number of H-pyrrole nitrogens is 1. The summed E-state index contributed by atoms with van der Waals surface area (Å²) >= 11 is 0. The molecule has 0 spiro atoms. The normalized spacial score (nSPS) is 23.4. The van der Waals surface area contributed by atoms with Crippen molar-refractivity contribution in [2.24, 2.45) is 0 Å². The highest BCUT2D eigenvalue weighted by molar-refractivity contribution is 5.88. The van der Waals surface area contributed by atoms with Gasteiger partial charge in [-0.25, -0.2) is 4.79 Å². The fourth-order valence-electron chi connectivity index (χ4n) is 4.74. The number of hydrogen-bond acceptors (Lipinski definition) is 3. The second-order valence-corrected chi connectivity index (χ2v) is 7.84. The first-order chi connectivity index (χ1) is 13.4. The van der Waals surface area contributed by atoms with Crippen LogP contribution in [0.15, 0.2) is 24.4 Å². The maximum Gasteiger partial charge on any atom is 0.317 e. The number of amides is 2. The van der Waals surface area contributed by atoms with Crippen molar-refractivity contribution in [2.75, 3.05) is 27.2 Å². The van der Waals surface area contributed by atoms with Gasteiger partial charge in [0.2, 0.25) is 0 Å². The topological polar surface area (TPSA) is 68.4 Å². The SMILES string of the molecule is CC.CC(=O)CN(C)C(=O)N[C@H]1C[C@@H]2c3cccc4[nH]cc(c34)C[C@H]2N(C)C1. The molecule has 152 valence electrons.